The summed E-state index contributed by atoms with van der Waals surface area (Å²) in [6.45, 7) is 6.12. The van der Waals surface area contributed by atoms with E-state index in [9.17, 15) is 4.79 Å². The average molecular weight is 180 g/mol. The van der Waals surface area contributed by atoms with Gasteiger partial charge in [0.25, 0.3) is 5.56 Å². The lowest BCUT2D eigenvalue weighted by Gasteiger charge is -2.06. The van der Waals surface area contributed by atoms with Gasteiger partial charge in [0, 0.05) is 11.8 Å². The molecule has 3 nitrogen and oxygen atoms in total. The van der Waals surface area contributed by atoms with Gasteiger partial charge in [-0.05, 0) is 19.3 Å². The first-order valence-electron chi connectivity index (χ1n) is 4.68. The van der Waals surface area contributed by atoms with Crippen LogP contribution >= 0.6 is 0 Å². The van der Waals surface area contributed by atoms with E-state index in [1.807, 2.05) is 6.92 Å². The molecule has 1 unspecified atom stereocenters. The van der Waals surface area contributed by atoms with Crippen LogP contribution in [0, 0.1) is 12.8 Å². The predicted octanol–water partition coefficient (Wildman–Crippen LogP) is 1.67. The number of hydrogen-bond donors (Lipinski definition) is 1. The highest BCUT2D eigenvalue weighted by Crippen LogP contribution is 2.07. The fraction of sp³-hybridized carbons (Fsp3) is 0.600. The number of aryl methyl sites for hydroxylation is 1. The number of aromatic amines is 1. The molecule has 0 spiro atoms. The molecule has 0 amide bonds. The third-order valence-corrected chi connectivity index (χ3v) is 2.17. The second-order valence-corrected chi connectivity index (χ2v) is 3.54. The largest absolute Gasteiger partial charge is 0.311 e. The molecule has 1 atom stereocenters. The normalized spacial score (nSPS) is 12.8. The van der Waals surface area contributed by atoms with E-state index < -0.39 is 0 Å². The number of H-pyrrole nitrogens is 1. The fourth-order valence-corrected chi connectivity index (χ4v) is 1.25. The Balaban J connectivity index is 2.83. The molecule has 1 aromatic heterocycles. The fourth-order valence-electron chi connectivity index (χ4n) is 1.25. The van der Waals surface area contributed by atoms with Crippen molar-refractivity contribution in [1.29, 1.82) is 0 Å². The van der Waals surface area contributed by atoms with Crippen molar-refractivity contribution in [2.24, 2.45) is 5.92 Å². The van der Waals surface area contributed by atoms with Crippen LogP contribution in [-0.4, -0.2) is 9.97 Å². The van der Waals surface area contributed by atoms with E-state index in [1.54, 1.807) is 6.07 Å². The van der Waals surface area contributed by atoms with Gasteiger partial charge in [-0.2, -0.15) is 0 Å². The van der Waals surface area contributed by atoms with Crippen molar-refractivity contribution >= 4 is 0 Å². The summed E-state index contributed by atoms with van der Waals surface area (Å²) >= 11 is 0. The number of rotatable bonds is 3. The molecule has 1 aromatic rings. The third-order valence-electron chi connectivity index (χ3n) is 2.17. The van der Waals surface area contributed by atoms with Gasteiger partial charge in [0.2, 0.25) is 0 Å². The summed E-state index contributed by atoms with van der Waals surface area (Å²) < 4.78 is 0. The Labute approximate surface area is 78.2 Å². The molecule has 0 saturated heterocycles. The van der Waals surface area contributed by atoms with Crippen molar-refractivity contribution < 1.29 is 0 Å². The van der Waals surface area contributed by atoms with Crippen LogP contribution in [0.1, 0.15) is 31.8 Å². The summed E-state index contributed by atoms with van der Waals surface area (Å²) in [5.74, 6) is 1.29. The molecule has 1 heterocycles. The topological polar surface area (TPSA) is 45.8 Å². The minimum Gasteiger partial charge on any atom is -0.311 e. The van der Waals surface area contributed by atoms with Gasteiger partial charge in [0.05, 0.1) is 0 Å². The lowest BCUT2D eigenvalue weighted by Crippen LogP contribution is -2.12. The molecule has 0 fully saturated rings. The molecule has 0 aliphatic heterocycles. The van der Waals surface area contributed by atoms with Crippen LogP contribution in [0.2, 0.25) is 0 Å². The van der Waals surface area contributed by atoms with Gasteiger partial charge in [-0.25, -0.2) is 4.98 Å². The first-order valence-corrected chi connectivity index (χ1v) is 4.68. The average Bonchev–Trinajstić information content (AvgIpc) is 2.02. The van der Waals surface area contributed by atoms with Gasteiger partial charge in [-0.15, -0.1) is 0 Å². The summed E-state index contributed by atoms with van der Waals surface area (Å²) in [5, 5.41) is 0. The standard InChI is InChI=1S/C10H16N2O/c1-4-7(2)5-9-6-10(13)12-8(3)11-9/h6-7H,4-5H2,1-3H3,(H,11,12,13). The number of nitrogens with one attached hydrogen (secondary N) is 1. The van der Waals surface area contributed by atoms with Crippen LogP contribution in [-0.2, 0) is 6.42 Å². The van der Waals surface area contributed by atoms with Crippen molar-refractivity contribution in [3.63, 3.8) is 0 Å². The summed E-state index contributed by atoms with van der Waals surface area (Å²) in [6, 6.07) is 1.58. The smallest absolute Gasteiger partial charge is 0.251 e. The highest BCUT2D eigenvalue weighted by atomic mass is 16.1. The van der Waals surface area contributed by atoms with E-state index in [-0.39, 0.29) is 5.56 Å². The number of aromatic nitrogens is 2. The van der Waals surface area contributed by atoms with Crippen LogP contribution in [0.4, 0.5) is 0 Å². The van der Waals surface area contributed by atoms with Crippen LogP contribution in [0.3, 0.4) is 0 Å². The van der Waals surface area contributed by atoms with Gasteiger partial charge in [0.1, 0.15) is 5.82 Å². The Morgan fingerprint density at radius 3 is 2.85 bits per heavy atom. The van der Waals surface area contributed by atoms with Crippen LogP contribution in [0.15, 0.2) is 10.9 Å². The van der Waals surface area contributed by atoms with Crippen molar-refractivity contribution in [3.8, 4) is 0 Å². The van der Waals surface area contributed by atoms with E-state index in [0.717, 1.165) is 18.5 Å². The molecule has 0 saturated carbocycles. The van der Waals surface area contributed by atoms with Crippen molar-refractivity contribution in [2.45, 2.75) is 33.6 Å². The molecule has 0 aliphatic carbocycles. The van der Waals surface area contributed by atoms with Gasteiger partial charge < -0.3 is 4.98 Å². The monoisotopic (exact) mass is 180 g/mol. The Morgan fingerprint density at radius 1 is 1.62 bits per heavy atom. The van der Waals surface area contributed by atoms with Crippen molar-refractivity contribution in [2.75, 3.05) is 0 Å². The lowest BCUT2D eigenvalue weighted by molar-refractivity contribution is 0.550. The maximum absolute atomic E-state index is 11.1. The zero-order valence-corrected chi connectivity index (χ0v) is 8.42. The SMILES string of the molecule is CCC(C)Cc1cc(=O)[nH]c(C)n1. The third kappa shape index (κ3) is 3.01. The highest BCUT2D eigenvalue weighted by molar-refractivity contribution is 5.02. The van der Waals surface area contributed by atoms with Crippen LogP contribution < -0.4 is 5.56 Å². The van der Waals surface area contributed by atoms with Gasteiger partial charge >= 0.3 is 0 Å². The van der Waals surface area contributed by atoms with E-state index in [4.69, 9.17) is 0 Å². The summed E-state index contributed by atoms with van der Waals surface area (Å²) in [5.41, 5.74) is 0.849. The number of hydrogen-bond acceptors (Lipinski definition) is 2. The maximum Gasteiger partial charge on any atom is 0.251 e. The Morgan fingerprint density at radius 2 is 2.31 bits per heavy atom. The minimum absolute atomic E-state index is 0.0502. The molecule has 0 bridgehead atoms. The molecule has 0 radical (unpaired) electrons. The lowest BCUT2D eigenvalue weighted by atomic mass is 10.0. The van der Waals surface area contributed by atoms with E-state index in [0.29, 0.717) is 11.7 Å². The van der Waals surface area contributed by atoms with E-state index in [2.05, 4.69) is 23.8 Å². The maximum atomic E-state index is 11.1. The first-order chi connectivity index (χ1) is 6.11. The molecule has 72 valence electrons. The zero-order chi connectivity index (χ0) is 9.84. The summed E-state index contributed by atoms with van der Waals surface area (Å²) in [7, 11) is 0. The van der Waals surface area contributed by atoms with Crippen molar-refractivity contribution in [3.05, 3.63) is 27.9 Å². The summed E-state index contributed by atoms with van der Waals surface area (Å²) in [4.78, 5) is 18.0. The minimum atomic E-state index is -0.0502. The molecular weight excluding hydrogens is 164 g/mol. The van der Waals surface area contributed by atoms with Gasteiger partial charge in [-0.3, -0.25) is 4.79 Å². The molecule has 1 N–H and O–H groups in total. The van der Waals surface area contributed by atoms with Crippen LogP contribution in [0.25, 0.3) is 0 Å². The van der Waals surface area contributed by atoms with E-state index in [1.165, 1.54) is 0 Å². The molecule has 1 rings (SSSR count). The van der Waals surface area contributed by atoms with Gasteiger partial charge in [0.15, 0.2) is 0 Å². The molecule has 0 aliphatic rings. The Kier molecular flexibility index (Phi) is 3.23. The zero-order valence-electron chi connectivity index (χ0n) is 8.42. The molecular formula is C10H16N2O. The Hall–Kier alpha value is -1.12. The highest BCUT2D eigenvalue weighted by Gasteiger charge is 2.03. The van der Waals surface area contributed by atoms with Crippen molar-refractivity contribution in [1.82, 2.24) is 9.97 Å². The second-order valence-electron chi connectivity index (χ2n) is 3.54. The van der Waals surface area contributed by atoms with E-state index >= 15 is 0 Å². The first kappa shape index (κ1) is 9.96. The quantitative estimate of drug-likeness (QED) is 0.769. The predicted molar refractivity (Wildman–Crippen MR) is 52.8 cm³/mol. The van der Waals surface area contributed by atoms with Crippen LogP contribution in [0.5, 0.6) is 0 Å². The Bertz CT molecular complexity index is 330. The molecule has 13 heavy (non-hydrogen) atoms. The molecule has 3 heteroatoms. The summed E-state index contributed by atoms with van der Waals surface area (Å²) in [6.07, 6.45) is 2.01. The van der Waals surface area contributed by atoms with Gasteiger partial charge in [-0.1, -0.05) is 20.3 Å². The second kappa shape index (κ2) is 4.21. The number of nitrogens with zero attached hydrogens (tertiary/aromatic N) is 1. The molecule has 0 aromatic carbocycles.